The minimum atomic E-state index is -1.05. The van der Waals surface area contributed by atoms with Crippen LogP contribution in [0, 0.1) is 0 Å². The van der Waals surface area contributed by atoms with Gasteiger partial charge >= 0.3 is 0 Å². The average Bonchev–Trinajstić information content (AvgIpc) is 3.09. The van der Waals surface area contributed by atoms with Crippen molar-refractivity contribution in [1.29, 1.82) is 0 Å². The van der Waals surface area contributed by atoms with E-state index in [1.54, 1.807) is 43.0 Å². The first-order chi connectivity index (χ1) is 13.3. The molecule has 2 amide bonds. The summed E-state index contributed by atoms with van der Waals surface area (Å²) in [7, 11) is 0. The van der Waals surface area contributed by atoms with E-state index in [1.165, 1.54) is 0 Å². The van der Waals surface area contributed by atoms with Gasteiger partial charge in [-0.25, -0.2) is 0 Å². The molecule has 0 spiro atoms. The predicted octanol–water partition coefficient (Wildman–Crippen LogP) is 4.50. The lowest BCUT2D eigenvalue weighted by Gasteiger charge is -2.27. The fraction of sp³-hybridized carbons (Fsp3) is 0.364. The van der Waals surface area contributed by atoms with Crippen LogP contribution in [0.3, 0.4) is 0 Å². The van der Waals surface area contributed by atoms with Crippen molar-refractivity contribution in [2.75, 3.05) is 11.4 Å². The third-order valence-corrected chi connectivity index (χ3v) is 5.09. The number of anilines is 1. The van der Waals surface area contributed by atoms with Gasteiger partial charge in [0.2, 0.25) is 5.91 Å². The summed E-state index contributed by atoms with van der Waals surface area (Å²) in [5.74, 6) is 0.496. The molecule has 0 saturated carbocycles. The highest BCUT2D eigenvalue weighted by molar-refractivity contribution is 6.30. The molecule has 6 heteroatoms. The van der Waals surface area contributed by atoms with Crippen LogP contribution in [0.25, 0.3) is 0 Å². The SMILES string of the molecule is CC(NC(=O)C(C)(C)Oc1ccc(Cl)cc1)c1cccc(N2CCCC2=O)c1. The Balaban J connectivity index is 1.67. The monoisotopic (exact) mass is 400 g/mol. The highest BCUT2D eigenvalue weighted by atomic mass is 35.5. The maximum Gasteiger partial charge on any atom is 0.264 e. The summed E-state index contributed by atoms with van der Waals surface area (Å²) in [5.41, 5.74) is 0.760. The van der Waals surface area contributed by atoms with E-state index in [2.05, 4.69) is 5.32 Å². The van der Waals surface area contributed by atoms with Crippen LogP contribution in [0.1, 0.15) is 45.2 Å². The maximum absolute atomic E-state index is 12.8. The number of carbonyl (C=O) groups is 2. The number of hydrogen-bond donors (Lipinski definition) is 1. The van der Waals surface area contributed by atoms with Gasteiger partial charge < -0.3 is 15.0 Å². The Kier molecular flexibility index (Phi) is 5.94. The molecule has 0 bridgehead atoms. The van der Waals surface area contributed by atoms with Crippen LogP contribution in [0.5, 0.6) is 5.75 Å². The molecule has 5 nitrogen and oxygen atoms in total. The molecule has 0 aromatic heterocycles. The third-order valence-electron chi connectivity index (χ3n) is 4.84. The van der Waals surface area contributed by atoms with Crippen LogP contribution in [-0.2, 0) is 9.59 Å². The fourth-order valence-electron chi connectivity index (χ4n) is 3.18. The van der Waals surface area contributed by atoms with E-state index in [1.807, 2.05) is 31.2 Å². The van der Waals surface area contributed by atoms with Gasteiger partial charge in [0.25, 0.3) is 5.91 Å². The molecule has 2 aromatic rings. The molecule has 1 atom stereocenters. The first-order valence-corrected chi connectivity index (χ1v) is 9.80. The second kappa shape index (κ2) is 8.23. The lowest BCUT2D eigenvalue weighted by Crippen LogP contribution is -2.47. The Morgan fingerprint density at radius 2 is 1.93 bits per heavy atom. The Bertz CT molecular complexity index is 864. The standard InChI is InChI=1S/C22H25ClN2O3/c1-15(16-6-4-7-18(14-16)25-13-5-8-20(25)26)24-21(27)22(2,3)28-19-11-9-17(23)10-12-19/h4,6-7,9-12,14-15H,5,8,13H2,1-3H3,(H,24,27). The second-order valence-corrected chi connectivity index (χ2v) is 7.94. The van der Waals surface area contributed by atoms with Gasteiger partial charge in [0.15, 0.2) is 5.60 Å². The van der Waals surface area contributed by atoms with E-state index in [4.69, 9.17) is 16.3 Å². The maximum atomic E-state index is 12.8. The summed E-state index contributed by atoms with van der Waals surface area (Å²) in [6.07, 6.45) is 1.47. The fourth-order valence-corrected chi connectivity index (χ4v) is 3.31. The topological polar surface area (TPSA) is 58.6 Å². The van der Waals surface area contributed by atoms with Crippen LogP contribution in [0.2, 0.25) is 5.02 Å². The zero-order valence-corrected chi connectivity index (χ0v) is 17.1. The largest absolute Gasteiger partial charge is 0.478 e. The molecule has 1 unspecified atom stereocenters. The molecule has 148 valence electrons. The van der Waals surface area contributed by atoms with Gasteiger partial charge in [-0.3, -0.25) is 9.59 Å². The molecular formula is C22H25ClN2O3. The molecule has 1 heterocycles. The second-order valence-electron chi connectivity index (χ2n) is 7.51. The van der Waals surface area contributed by atoms with Crippen molar-refractivity contribution >= 4 is 29.1 Å². The summed E-state index contributed by atoms with van der Waals surface area (Å²) >= 11 is 5.89. The van der Waals surface area contributed by atoms with Crippen LogP contribution >= 0.6 is 11.6 Å². The number of nitrogens with one attached hydrogen (secondary N) is 1. The zero-order valence-electron chi connectivity index (χ0n) is 16.4. The molecule has 1 fully saturated rings. The number of ether oxygens (including phenoxy) is 1. The van der Waals surface area contributed by atoms with Gasteiger partial charge in [0.1, 0.15) is 5.75 Å². The van der Waals surface area contributed by atoms with E-state index in [-0.39, 0.29) is 17.9 Å². The van der Waals surface area contributed by atoms with Gasteiger partial charge in [-0.15, -0.1) is 0 Å². The van der Waals surface area contributed by atoms with Crippen molar-refractivity contribution < 1.29 is 14.3 Å². The van der Waals surface area contributed by atoms with Crippen LogP contribution in [-0.4, -0.2) is 24.0 Å². The quantitative estimate of drug-likeness (QED) is 0.776. The lowest BCUT2D eigenvalue weighted by atomic mass is 10.0. The zero-order chi connectivity index (χ0) is 20.3. The number of hydrogen-bond acceptors (Lipinski definition) is 3. The van der Waals surface area contributed by atoms with Crippen molar-refractivity contribution in [2.24, 2.45) is 0 Å². The van der Waals surface area contributed by atoms with E-state index >= 15 is 0 Å². The van der Waals surface area contributed by atoms with E-state index in [9.17, 15) is 9.59 Å². The Labute approximate surface area is 170 Å². The molecule has 0 aliphatic carbocycles. The highest BCUT2D eigenvalue weighted by Crippen LogP contribution is 2.26. The number of nitrogens with zero attached hydrogens (tertiary/aromatic N) is 1. The smallest absolute Gasteiger partial charge is 0.264 e. The first-order valence-electron chi connectivity index (χ1n) is 9.42. The van der Waals surface area contributed by atoms with E-state index in [0.717, 1.165) is 24.2 Å². The molecule has 1 saturated heterocycles. The Morgan fingerprint density at radius 3 is 2.57 bits per heavy atom. The predicted molar refractivity (Wildman–Crippen MR) is 111 cm³/mol. The third kappa shape index (κ3) is 4.65. The number of benzene rings is 2. The average molecular weight is 401 g/mol. The molecule has 3 rings (SSSR count). The normalized spacial score (nSPS) is 15.4. The van der Waals surface area contributed by atoms with E-state index < -0.39 is 5.60 Å². The summed E-state index contributed by atoms with van der Waals surface area (Å²) in [6.45, 7) is 6.11. The van der Waals surface area contributed by atoms with Gasteiger partial charge in [-0.05, 0) is 69.2 Å². The Hall–Kier alpha value is -2.53. The van der Waals surface area contributed by atoms with Crippen molar-refractivity contribution in [1.82, 2.24) is 5.32 Å². The summed E-state index contributed by atoms with van der Waals surface area (Å²) < 4.78 is 5.85. The van der Waals surface area contributed by atoms with Gasteiger partial charge in [-0.1, -0.05) is 23.7 Å². The molecule has 1 N–H and O–H groups in total. The number of rotatable bonds is 6. The van der Waals surface area contributed by atoms with E-state index in [0.29, 0.717) is 17.2 Å². The number of halogens is 1. The minimum absolute atomic E-state index is 0.145. The summed E-state index contributed by atoms with van der Waals surface area (Å²) in [5, 5.41) is 3.61. The van der Waals surface area contributed by atoms with Crippen molar-refractivity contribution in [3.63, 3.8) is 0 Å². The van der Waals surface area contributed by atoms with Crippen LogP contribution in [0.4, 0.5) is 5.69 Å². The number of amides is 2. The molecular weight excluding hydrogens is 376 g/mol. The van der Waals surface area contributed by atoms with Gasteiger partial charge in [0, 0.05) is 23.7 Å². The minimum Gasteiger partial charge on any atom is -0.478 e. The first kappa shape index (κ1) is 20.2. The van der Waals surface area contributed by atoms with Crippen molar-refractivity contribution in [3.8, 4) is 5.75 Å². The molecule has 1 aliphatic heterocycles. The Morgan fingerprint density at radius 1 is 1.21 bits per heavy atom. The van der Waals surface area contributed by atoms with Crippen LogP contribution in [0.15, 0.2) is 48.5 Å². The van der Waals surface area contributed by atoms with Gasteiger partial charge in [-0.2, -0.15) is 0 Å². The molecule has 0 radical (unpaired) electrons. The lowest BCUT2D eigenvalue weighted by molar-refractivity contribution is -0.134. The number of carbonyl (C=O) groups excluding carboxylic acids is 2. The molecule has 2 aromatic carbocycles. The van der Waals surface area contributed by atoms with Crippen LogP contribution < -0.4 is 15.0 Å². The van der Waals surface area contributed by atoms with Crippen molar-refractivity contribution in [2.45, 2.75) is 45.3 Å². The highest BCUT2D eigenvalue weighted by Gasteiger charge is 2.31. The van der Waals surface area contributed by atoms with Gasteiger partial charge in [0.05, 0.1) is 6.04 Å². The molecule has 28 heavy (non-hydrogen) atoms. The molecule has 1 aliphatic rings. The van der Waals surface area contributed by atoms with Crippen molar-refractivity contribution in [3.05, 3.63) is 59.1 Å². The summed E-state index contributed by atoms with van der Waals surface area (Å²) in [4.78, 5) is 26.6. The summed E-state index contributed by atoms with van der Waals surface area (Å²) in [6, 6.07) is 14.4.